The first-order valence-corrected chi connectivity index (χ1v) is 6.23. The van der Waals surface area contributed by atoms with Gasteiger partial charge in [-0.25, -0.2) is 0 Å². The maximum atomic E-state index is 11.6. The molecule has 0 aromatic heterocycles. The van der Waals surface area contributed by atoms with E-state index in [9.17, 15) is 9.59 Å². The summed E-state index contributed by atoms with van der Waals surface area (Å²) in [5.74, 6) is -1.52. The van der Waals surface area contributed by atoms with E-state index in [1.54, 1.807) is 12.1 Å². The molecule has 1 aromatic carbocycles. The smallest absolute Gasteiger partial charge is 0.313 e. The van der Waals surface area contributed by atoms with Crippen LogP contribution in [0.2, 0.25) is 0 Å². The Balaban J connectivity index is 2.64. The monoisotopic (exact) mass is 314 g/mol. The van der Waals surface area contributed by atoms with Crippen LogP contribution in [0.25, 0.3) is 0 Å². The summed E-state index contributed by atoms with van der Waals surface area (Å²) < 4.78 is 0.852. The number of hydrogen-bond acceptors (Lipinski definition) is 3. The van der Waals surface area contributed by atoms with E-state index in [1.165, 1.54) is 6.92 Å². The highest BCUT2D eigenvalue weighted by atomic mass is 79.9. The fourth-order valence-electron chi connectivity index (χ4n) is 1.24. The predicted molar refractivity (Wildman–Crippen MR) is 72.2 cm³/mol. The maximum absolute atomic E-state index is 11.6. The van der Waals surface area contributed by atoms with Gasteiger partial charge in [0, 0.05) is 16.7 Å². The molecule has 1 atom stereocenters. The molecular formula is C12H15BrN2O3. The Morgan fingerprint density at radius 3 is 2.67 bits per heavy atom. The Morgan fingerprint density at radius 2 is 2.06 bits per heavy atom. The van der Waals surface area contributed by atoms with Gasteiger partial charge in [0.15, 0.2) is 0 Å². The average Bonchev–Trinajstić information content (AvgIpc) is 2.31. The van der Waals surface area contributed by atoms with Crippen molar-refractivity contribution >= 4 is 33.4 Å². The van der Waals surface area contributed by atoms with Crippen molar-refractivity contribution in [1.82, 2.24) is 5.32 Å². The van der Waals surface area contributed by atoms with Crippen LogP contribution >= 0.6 is 15.9 Å². The van der Waals surface area contributed by atoms with Gasteiger partial charge in [-0.05, 0) is 31.5 Å². The van der Waals surface area contributed by atoms with Crippen LogP contribution in [0, 0.1) is 6.92 Å². The van der Waals surface area contributed by atoms with Crippen LogP contribution in [0.15, 0.2) is 22.7 Å². The minimum Gasteiger partial charge on any atom is -0.392 e. The highest BCUT2D eigenvalue weighted by Crippen LogP contribution is 2.23. The van der Waals surface area contributed by atoms with E-state index in [1.807, 2.05) is 13.0 Å². The molecule has 0 heterocycles. The van der Waals surface area contributed by atoms with Crippen LogP contribution in [-0.2, 0) is 9.59 Å². The first-order valence-electron chi connectivity index (χ1n) is 5.44. The molecule has 3 N–H and O–H groups in total. The van der Waals surface area contributed by atoms with E-state index in [0.717, 1.165) is 10.0 Å². The SMILES string of the molecule is Cc1c(Br)cccc1NC(=O)C(=O)NCC(C)O. The lowest BCUT2D eigenvalue weighted by Crippen LogP contribution is -2.38. The first-order chi connectivity index (χ1) is 8.41. The molecule has 18 heavy (non-hydrogen) atoms. The van der Waals surface area contributed by atoms with E-state index >= 15 is 0 Å². The van der Waals surface area contributed by atoms with Gasteiger partial charge < -0.3 is 15.7 Å². The number of halogens is 1. The van der Waals surface area contributed by atoms with Gasteiger partial charge in [-0.2, -0.15) is 0 Å². The number of carbonyl (C=O) groups is 2. The lowest BCUT2D eigenvalue weighted by molar-refractivity contribution is -0.136. The summed E-state index contributed by atoms with van der Waals surface area (Å²) in [7, 11) is 0. The lowest BCUT2D eigenvalue weighted by atomic mass is 10.2. The Kier molecular flexibility index (Phi) is 5.30. The molecule has 1 rings (SSSR count). The third kappa shape index (κ3) is 4.12. The molecule has 0 bridgehead atoms. The maximum Gasteiger partial charge on any atom is 0.313 e. The van der Waals surface area contributed by atoms with Gasteiger partial charge in [-0.1, -0.05) is 22.0 Å². The Labute approximate surface area is 114 Å². The van der Waals surface area contributed by atoms with Crippen molar-refractivity contribution in [3.05, 3.63) is 28.2 Å². The zero-order chi connectivity index (χ0) is 13.7. The molecular weight excluding hydrogens is 300 g/mol. The highest BCUT2D eigenvalue weighted by molar-refractivity contribution is 9.10. The molecule has 0 aliphatic rings. The van der Waals surface area contributed by atoms with Gasteiger partial charge in [-0.15, -0.1) is 0 Å². The molecule has 0 aliphatic carbocycles. The summed E-state index contributed by atoms with van der Waals surface area (Å²) in [6.45, 7) is 3.40. The number of aliphatic hydroxyl groups excluding tert-OH is 1. The van der Waals surface area contributed by atoms with Crippen molar-refractivity contribution < 1.29 is 14.7 Å². The van der Waals surface area contributed by atoms with E-state index in [2.05, 4.69) is 26.6 Å². The number of aliphatic hydroxyl groups is 1. The summed E-state index contributed by atoms with van der Waals surface area (Å²) in [6.07, 6.45) is -0.686. The van der Waals surface area contributed by atoms with E-state index in [0.29, 0.717) is 5.69 Å². The second-order valence-corrected chi connectivity index (χ2v) is 4.78. The summed E-state index contributed by atoms with van der Waals surface area (Å²) in [5.41, 5.74) is 1.41. The summed E-state index contributed by atoms with van der Waals surface area (Å²) >= 11 is 3.34. The van der Waals surface area contributed by atoms with Gasteiger partial charge in [-0.3, -0.25) is 9.59 Å². The second-order valence-electron chi connectivity index (χ2n) is 3.93. The molecule has 0 aliphatic heterocycles. The minimum atomic E-state index is -0.768. The normalized spacial score (nSPS) is 11.8. The van der Waals surface area contributed by atoms with Crippen LogP contribution in [0.5, 0.6) is 0 Å². The number of benzene rings is 1. The van der Waals surface area contributed by atoms with Crippen LogP contribution < -0.4 is 10.6 Å². The first kappa shape index (κ1) is 14.7. The van der Waals surface area contributed by atoms with Crippen LogP contribution in [0.4, 0.5) is 5.69 Å². The average molecular weight is 315 g/mol. The molecule has 1 aromatic rings. The van der Waals surface area contributed by atoms with Gasteiger partial charge in [0.1, 0.15) is 0 Å². The van der Waals surface area contributed by atoms with E-state index < -0.39 is 17.9 Å². The standard InChI is InChI=1S/C12H15BrN2O3/c1-7(16)6-14-11(17)12(18)15-10-5-3-4-9(13)8(10)2/h3-5,7,16H,6H2,1-2H3,(H,14,17)(H,15,18). The molecule has 0 saturated carbocycles. The molecule has 6 heteroatoms. The minimum absolute atomic E-state index is 0.0454. The third-order valence-corrected chi connectivity index (χ3v) is 3.14. The number of carbonyl (C=O) groups excluding carboxylic acids is 2. The molecule has 2 amide bonds. The molecule has 0 spiro atoms. The number of nitrogens with one attached hydrogen (secondary N) is 2. The van der Waals surface area contributed by atoms with Gasteiger partial charge in [0.05, 0.1) is 6.10 Å². The number of hydrogen-bond donors (Lipinski definition) is 3. The van der Waals surface area contributed by atoms with Crippen molar-refractivity contribution in [2.24, 2.45) is 0 Å². The molecule has 98 valence electrons. The van der Waals surface area contributed by atoms with Gasteiger partial charge in [0.25, 0.3) is 0 Å². The second kappa shape index (κ2) is 6.51. The zero-order valence-electron chi connectivity index (χ0n) is 10.2. The molecule has 0 fully saturated rings. The lowest BCUT2D eigenvalue weighted by Gasteiger charge is -2.10. The Morgan fingerprint density at radius 1 is 1.39 bits per heavy atom. The van der Waals surface area contributed by atoms with Gasteiger partial charge >= 0.3 is 11.8 Å². The summed E-state index contributed by atoms with van der Waals surface area (Å²) in [5, 5.41) is 13.8. The van der Waals surface area contributed by atoms with Crippen molar-refractivity contribution in [1.29, 1.82) is 0 Å². The van der Waals surface area contributed by atoms with E-state index in [4.69, 9.17) is 5.11 Å². The largest absolute Gasteiger partial charge is 0.392 e. The molecule has 5 nitrogen and oxygen atoms in total. The highest BCUT2D eigenvalue weighted by Gasteiger charge is 2.15. The van der Waals surface area contributed by atoms with Crippen molar-refractivity contribution in [2.45, 2.75) is 20.0 Å². The quantitative estimate of drug-likeness (QED) is 0.733. The summed E-state index contributed by atoms with van der Waals surface area (Å²) in [4.78, 5) is 23.0. The van der Waals surface area contributed by atoms with Crippen molar-refractivity contribution in [3.8, 4) is 0 Å². The van der Waals surface area contributed by atoms with Crippen molar-refractivity contribution in [2.75, 3.05) is 11.9 Å². The molecule has 1 unspecified atom stereocenters. The van der Waals surface area contributed by atoms with Gasteiger partial charge in [0.2, 0.25) is 0 Å². The topological polar surface area (TPSA) is 78.4 Å². The molecule has 0 radical (unpaired) electrons. The number of rotatable bonds is 3. The fourth-order valence-corrected chi connectivity index (χ4v) is 1.61. The van der Waals surface area contributed by atoms with Crippen LogP contribution in [0.3, 0.4) is 0 Å². The Bertz CT molecular complexity index is 461. The fraction of sp³-hybridized carbons (Fsp3) is 0.333. The van der Waals surface area contributed by atoms with Crippen molar-refractivity contribution in [3.63, 3.8) is 0 Å². The predicted octanol–water partition coefficient (Wildman–Crippen LogP) is 1.19. The van der Waals surface area contributed by atoms with Crippen LogP contribution in [-0.4, -0.2) is 29.6 Å². The number of amides is 2. The third-order valence-electron chi connectivity index (χ3n) is 2.28. The molecule has 0 saturated heterocycles. The summed E-state index contributed by atoms with van der Waals surface area (Å²) in [6, 6.07) is 5.32. The Hall–Kier alpha value is -1.40. The number of anilines is 1. The van der Waals surface area contributed by atoms with Crippen LogP contribution in [0.1, 0.15) is 12.5 Å². The van der Waals surface area contributed by atoms with E-state index in [-0.39, 0.29) is 6.54 Å². The zero-order valence-corrected chi connectivity index (χ0v) is 11.7.